The van der Waals surface area contributed by atoms with E-state index in [0.29, 0.717) is 6.42 Å². The topological polar surface area (TPSA) is 67.2 Å². The number of imidazole rings is 1. The van der Waals surface area contributed by atoms with Crippen LogP contribution < -0.4 is 5.32 Å². The number of unbranched alkanes of at least 4 members (excludes halogenated alkanes) is 1. The number of carboxylic acids is 1. The first-order valence-corrected chi connectivity index (χ1v) is 6.50. The predicted molar refractivity (Wildman–Crippen MR) is 68.4 cm³/mol. The van der Waals surface area contributed by atoms with Crippen molar-refractivity contribution in [3.05, 3.63) is 17.7 Å². The average Bonchev–Trinajstić information content (AvgIpc) is 2.69. The summed E-state index contributed by atoms with van der Waals surface area (Å²) < 4.78 is 2.11. The van der Waals surface area contributed by atoms with Crippen molar-refractivity contribution in [3.63, 3.8) is 0 Å². The number of aromatic nitrogens is 2. The monoisotopic (exact) mass is 251 g/mol. The Morgan fingerprint density at radius 1 is 1.67 bits per heavy atom. The van der Waals surface area contributed by atoms with E-state index in [1.165, 1.54) is 0 Å². The molecule has 0 saturated carbocycles. The number of aliphatic carboxylic acids is 1. The van der Waals surface area contributed by atoms with Crippen LogP contribution in [0, 0.1) is 0 Å². The molecule has 0 amide bonds. The molecule has 1 aliphatic rings. The molecule has 5 nitrogen and oxygen atoms in total. The van der Waals surface area contributed by atoms with Crippen LogP contribution in [-0.4, -0.2) is 26.7 Å². The Morgan fingerprint density at radius 2 is 2.39 bits per heavy atom. The first kappa shape index (κ1) is 13.1. The molecule has 0 aromatic carbocycles. The van der Waals surface area contributed by atoms with Gasteiger partial charge in [0.05, 0.1) is 17.6 Å². The SMILES string of the molecule is CCCCn1cnc2c1CC(C(=O)O)NC2(C)C. The first-order chi connectivity index (χ1) is 8.45. The Hall–Kier alpha value is -1.36. The summed E-state index contributed by atoms with van der Waals surface area (Å²) in [4.78, 5) is 15.7. The first-order valence-electron chi connectivity index (χ1n) is 6.50. The molecule has 0 saturated heterocycles. The zero-order chi connectivity index (χ0) is 13.3. The molecule has 0 fully saturated rings. The Balaban J connectivity index is 2.32. The van der Waals surface area contributed by atoms with Crippen LogP contribution in [0.4, 0.5) is 0 Å². The van der Waals surface area contributed by atoms with E-state index in [9.17, 15) is 9.90 Å². The van der Waals surface area contributed by atoms with Gasteiger partial charge in [-0.2, -0.15) is 0 Å². The van der Waals surface area contributed by atoms with Crippen LogP contribution in [-0.2, 0) is 23.3 Å². The van der Waals surface area contributed by atoms with Crippen molar-refractivity contribution in [3.8, 4) is 0 Å². The summed E-state index contributed by atoms with van der Waals surface area (Å²) in [7, 11) is 0. The van der Waals surface area contributed by atoms with Gasteiger partial charge in [-0.05, 0) is 20.3 Å². The Labute approximate surface area is 107 Å². The molecule has 1 aromatic rings. The van der Waals surface area contributed by atoms with Crippen molar-refractivity contribution in [2.45, 2.75) is 58.2 Å². The maximum atomic E-state index is 11.2. The quantitative estimate of drug-likeness (QED) is 0.851. The van der Waals surface area contributed by atoms with Crippen molar-refractivity contribution in [2.75, 3.05) is 0 Å². The van der Waals surface area contributed by atoms with Gasteiger partial charge in [0.25, 0.3) is 0 Å². The van der Waals surface area contributed by atoms with E-state index >= 15 is 0 Å². The molecule has 1 aromatic heterocycles. The molecule has 100 valence electrons. The third-order valence-corrected chi connectivity index (χ3v) is 3.52. The van der Waals surface area contributed by atoms with E-state index in [1.54, 1.807) is 0 Å². The lowest BCUT2D eigenvalue weighted by atomic mass is 9.89. The van der Waals surface area contributed by atoms with Gasteiger partial charge < -0.3 is 9.67 Å². The molecule has 2 rings (SSSR count). The van der Waals surface area contributed by atoms with E-state index < -0.39 is 12.0 Å². The molecular weight excluding hydrogens is 230 g/mol. The van der Waals surface area contributed by atoms with Gasteiger partial charge in [-0.15, -0.1) is 0 Å². The van der Waals surface area contributed by atoms with Crippen LogP contribution >= 0.6 is 0 Å². The minimum atomic E-state index is -0.794. The summed E-state index contributed by atoms with van der Waals surface area (Å²) in [5, 5.41) is 12.4. The van der Waals surface area contributed by atoms with Gasteiger partial charge in [-0.25, -0.2) is 4.98 Å². The maximum Gasteiger partial charge on any atom is 0.321 e. The summed E-state index contributed by atoms with van der Waals surface area (Å²) in [5.41, 5.74) is 1.67. The van der Waals surface area contributed by atoms with Crippen molar-refractivity contribution in [1.29, 1.82) is 0 Å². The molecule has 0 bridgehead atoms. The van der Waals surface area contributed by atoms with Crippen LogP contribution in [0.2, 0.25) is 0 Å². The normalized spacial score (nSPS) is 21.6. The molecule has 2 heterocycles. The van der Waals surface area contributed by atoms with Gasteiger partial charge in [0, 0.05) is 18.7 Å². The number of hydrogen-bond donors (Lipinski definition) is 2. The zero-order valence-electron chi connectivity index (χ0n) is 11.2. The Bertz CT molecular complexity index is 451. The van der Waals surface area contributed by atoms with Gasteiger partial charge in [0.2, 0.25) is 0 Å². The number of nitrogens with one attached hydrogen (secondary N) is 1. The second kappa shape index (κ2) is 4.72. The fourth-order valence-corrected chi connectivity index (χ4v) is 2.56. The maximum absolute atomic E-state index is 11.2. The number of carboxylic acid groups (broad SMARTS) is 1. The number of aryl methyl sites for hydroxylation is 1. The molecule has 2 N–H and O–H groups in total. The predicted octanol–water partition coefficient (Wildman–Crippen LogP) is 1.52. The lowest BCUT2D eigenvalue weighted by Crippen LogP contribution is -2.53. The van der Waals surface area contributed by atoms with Crippen molar-refractivity contribution in [1.82, 2.24) is 14.9 Å². The fourth-order valence-electron chi connectivity index (χ4n) is 2.56. The molecule has 18 heavy (non-hydrogen) atoms. The summed E-state index contributed by atoms with van der Waals surface area (Å²) in [6.45, 7) is 7.03. The highest BCUT2D eigenvalue weighted by molar-refractivity contribution is 5.74. The standard InChI is InChI=1S/C13H21N3O2/c1-4-5-6-16-8-14-11-10(16)7-9(12(17)18)15-13(11,2)3/h8-9,15H,4-7H2,1-3H3,(H,17,18). The van der Waals surface area contributed by atoms with E-state index in [2.05, 4.69) is 21.8 Å². The van der Waals surface area contributed by atoms with Crippen LogP contribution in [0.15, 0.2) is 6.33 Å². The van der Waals surface area contributed by atoms with Crippen LogP contribution in [0.1, 0.15) is 45.0 Å². The molecule has 1 unspecified atom stereocenters. The minimum absolute atomic E-state index is 0.381. The molecule has 1 atom stereocenters. The van der Waals surface area contributed by atoms with Crippen LogP contribution in [0.5, 0.6) is 0 Å². The van der Waals surface area contributed by atoms with E-state index in [-0.39, 0.29) is 5.54 Å². The Morgan fingerprint density at radius 3 is 3.00 bits per heavy atom. The number of fused-ring (bicyclic) bond motifs is 1. The van der Waals surface area contributed by atoms with Gasteiger partial charge in [-0.3, -0.25) is 10.1 Å². The number of hydrogen-bond acceptors (Lipinski definition) is 3. The Kier molecular flexibility index (Phi) is 3.43. The van der Waals surface area contributed by atoms with Crippen LogP contribution in [0.25, 0.3) is 0 Å². The van der Waals surface area contributed by atoms with E-state index in [4.69, 9.17) is 0 Å². The minimum Gasteiger partial charge on any atom is -0.480 e. The molecule has 0 aliphatic carbocycles. The summed E-state index contributed by atoms with van der Waals surface area (Å²) in [5.74, 6) is -0.794. The zero-order valence-corrected chi connectivity index (χ0v) is 11.2. The van der Waals surface area contributed by atoms with E-state index in [0.717, 1.165) is 30.8 Å². The third-order valence-electron chi connectivity index (χ3n) is 3.52. The summed E-state index contributed by atoms with van der Waals surface area (Å²) in [6, 6.07) is -0.524. The molecule has 0 radical (unpaired) electrons. The highest BCUT2D eigenvalue weighted by atomic mass is 16.4. The number of rotatable bonds is 4. The number of carbonyl (C=O) groups is 1. The molecule has 5 heteroatoms. The number of nitrogens with zero attached hydrogens (tertiary/aromatic N) is 2. The van der Waals surface area contributed by atoms with Crippen molar-refractivity contribution in [2.24, 2.45) is 0 Å². The lowest BCUT2D eigenvalue weighted by molar-refractivity contribution is -0.140. The van der Waals surface area contributed by atoms with Gasteiger partial charge >= 0.3 is 5.97 Å². The van der Waals surface area contributed by atoms with Gasteiger partial charge in [0.15, 0.2) is 0 Å². The highest BCUT2D eigenvalue weighted by Gasteiger charge is 2.38. The van der Waals surface area contributed by atoms with E-state index in [1.807, 2.05) is 20.2 Å². The van der Waals surface area contributed by atoms with Gasteiger partial charge in [-0.1, -0.05) is 13.3 Å². The third kappa shape index (κ3) is 2.27. The second-order valence-corrected chi connectivity index (χ2v) is 5.45. The second-order valence-electron chi connectivity index (χ2n) is 5.45. The van der Waals surface area contributed by atoms with Gasteiger partial charge in [0.1, 0.15) is 6.04 Å². The smallest absolute Gasteiger partial charge is 0.321 e. The highest BCUT2D eigenvalue weighted by Crippen LogP contribution is 2.29. The molecule has 1 aliphatic heterocycles. The summed E-state index contributed by atoms with van der Waals surface area (Å²) >= 11 is 0. The van der Waals surface area contributed by atoms with Crippen molar-refractivity contribution < 1.29 is 9.90 Å². The molecular formula is C13H21N3O2. The lowest BCUT2D eigenvalue weighted by Gasteiger charge is -2.34. The van der Waals surface area contributed by atoms with Crippen molar-refractivity contribution >= 4 is 5.97 Å². The largest absolute Gasteiger partial charge is 0.480 e. The fraction of sp³-hybridized carbons (Fsp3) is 0.692. The summed E-state index contributed by atoms with van der Waals surface area (Å²) in [6.07, 6.45) is 4.57. The average molecular weight is 251 g/mol. The van der Waals surface area contributed by atoms with Crippen LogP contribution in [0.3, 0.4) is 0 Å². The molecule has 0 spiro atoms.